The number of likely N-dealkylation sites (tertiary alicyclic amines) is 1. The third-order valence-corrected chi connectivity index (χ3v) is 6.60. The Labute approximate surface area is 214 Å². The van der Waals surface area contributed by atoms with Crippen molar-refractivity contribution in [2.75, 3.05) is 25.9 Å². The van der Waals surface area contributed by atoms with Gasteiger partial charge in [0, 0.05) is 49.1 Å². The molecule has 190 valence electrons. The summed E-state index contributed by atoms with van der Waals surface area (Å²) >= 11 is 0. The van der Waals surface area contributed by atoms with Gasteiger partial charge in [0.2, 0.25) is 5.91 Å². The van der Waals surface area contributed by atoms with Crippen molar-refractivity contribution in [3.05, 3.63) is 70.8 Å². The van der Waals surface area contributed by atoms with Gasteiger partial charge in [-0.05, 0) is 38.4 Å². The minimum Gasteiger partial charge on any atom is -0.382 e. The molecule has 1 aliphatic heterocycles. The first-order valence-electron chi connectivity index (χ1n) is 12.3. The van der Waals surface area contributed by atoms with Crippen LogP contribution in [0.15, 0.2) is 64.2 Å². The number of nitrogens with two attached hydrogens (primary N) is 1. The van der Waals surface area contributed by atoms with Gasteiger partial charge >= 0.3 is 0 Å². The van der Waals surface area contributed by atoms with E-state index in [-0.39, 0.29) is 17.3 Å². The van der Waals surface area contributed by atoms with Gasteiger partial charge in [0.1, 0.15) is 11.7 Å². The predicted molar refractivity (Wildman–Crippen MR) is 140 cm³/mol. The van der Waals surface area contributed by atoms with Gasteiger partial charge in [0.15, 0.2) is 17.3 Å². The average molecular weight is 500 g/mol. The molecule has 0 aliphatic carbocycles. The van der Waals surface area contributed by atoms with E-state index in [1.54, 1.807) is 30.2 Å². The lowest BCUT2D eigenvalue weighted by molar-refractivity contribution is -0.133. The number of carbonyl (C=O) groups excluding carboxylic acids is 1. The predicted octanol–water partition coefficient (Wildman–Crippen LogP) is 3.11. The summed E-state index contributed by atoms with van der Waals surface area (Å²) in [7, 11) is 1.90. The third-order valence-electron chi connectivity index (χ3n) is 6.60. The minimum absolute atomic E-state index is 0.0611. The Bertz CT molecular complexity index is 1470. The molecule has 0 saturated carbocycles. The first-order chi connectivity index (χ1) is 17.9. The molecule has 4 heterocycles. The Kier molecular flexibility index (Phi) is 6.82. The van der Waals surface area contributed by atoms with E-state index in [4.69, 9.17) is 10.3 Å². The van der Waals surface area contributed by atoms with E-state index in [2.05, 4.69) is 20.4 Å². The topological polar surface area (TPSA) is 132 Å². The summed E-state index contributed by atoms with van der Waals surface area (Å²) in [5.74, 6) is 0.516. The van der Waals surface area contributed by atoms with Crippen LogP contribution in [0.2, 0.25) is 0 Å². The van der Waals surface area contributed by atoms with E-state index in [0.29, 0.717) is 28.4 Å². The second-order valence-electron chi connectivity index (χ2n) is 9.16. The zero-order chi connectivity index (χ0) is 25.9. The third kappa shape index (κ3) is 5.01. The van der Waals surface area contributed by atoms with Crippen molar-refractivity contribution in [2.45, 2.75) is 32.4 Å². The van der Waals surface area contributed by atoms with Crippen molar-refractivity contribution in [3.8, 4) is 34.0 Å². The van der Waals surface area contributed by atoms with Crippen LogP contribution in [0.25, 0.3) is 34.0 Å². The summed E-state index contributed by atoms with van der Waals surface area (Å²) in [6, 6.07) is 12.3. The summed E-state index contributed by atoms with van der Waals surface area (Å²) < 4.78 is 7.02. The number of pyridine rings is 1. The summed E-state index contributed by atoms with van der Waals surface area (Å²) in [5.41, 5.74) is 10.1. The lowest BCUT2D eigenvalue weighted by Gasteiger charge is -2.22. The molecule has 1 amide bonds. The van der Waals surface area contributed by atoms with Crippen LogP contribution in [0.4, 0.5) is 5.82 Å². The largest absolute Gasteiger partial charge is 0.382 e. The molecule has 1 aliphatic rings. The number of aromatic nitrogens is 4. The van der Waals surface area contributed by atoms with E-state index in [9.17, 15) is 9.59 Å². The first-order valence-corrected chi connectivity index (χ1v) is 12.3. The maximum Gasteiger partial charge on any atom is 0.251 e. The first kappa shape index (κ1) is 24.4. The molecule has 3 N–H and O–H groups in total. The molecule has 37 heavy (non-hydrogen) atoms. The highest BCUT2D eigenvalue weighted by Crippen LogP contribution is 2.30. The zero-order valence-corrected chi connectivity index (χ0v) is 20.8. The Morgan fingerprint density at radius 2 is 1.84 bits per heavy atom. The van der Waals surface area contributed by atoms with Gasteiger partial charge in [-0.1, -0.05) is 29.4 Å². The SMILES string of the molecule is CNCc1ccc(-c2cc(-c3nc(-c4ccc(=O)n(C(C)C(=O)N5CCCC5)c4)cnc3N)on2)cc1. The summed E-state index contributed by atoms with van der Waals surface area (Å²) in [4.78, 5) is 36.3. The highest BCUT2D eigenvalue weighted by molar-refractivity contribution is 5.80. The van der Waals surface area contributed by atoms with Crippen molar-refractivity contribution in [3.63, 3.8) is 0 Å². The van der Waals surface area contributed by atoms with Crippen LogP contribution in [0.3, 0.4) is 0 Å². The van der Waals surface area contributed by atoms with Gasteiger partial charge in [-0.2, -0.15) is 0 Å². The standard InChI is InChI=1S/C27H29N7O3/c1-17(27(36)33-11-3-4-12-33)34-16-20(9-10-24(34)35)22-15-30-26(28)25(31-22)23-13-21(32-37-23)19-7-5-18(6-8-19)14-29-2/h5-10,13,15-17,29H,3-4,11-12,14H2,1-2H3,(H2,28,30). The molecule has 0 bridgehead atoms. The number of carbonyl (C=O) groups is 1. The van der Waals surface area contributed by atoms with E-state index in [1.807, 2.05) is 31.3 Å². The normalized spacial score (nSPS) is 14.2. The highest BCUT2D eigenvalue weighted by atomic mass is 16.5. The number of amides is 1. The highest BCUT2D eigenvalue weighted by Gasteiger charge is 2.25. The molecule has 0 spiro atoms. The molecular formula is C27H29N7O3. The second kappa shape index (κ2) is 10.4. The molecule has 0 radical (unpaired) electrons. The molecule has 5 rings (SSSR count). The maximum absolute atomic E-state index is 12.9. The lowest BCUT2D eigenvalue weighted by Crippen LogP contribution is -2.37. The molecule has 1 fully saturated rings. The second-order valence-corrected chi connectivity index (χ2v) is 9.16. The van der Waals surface area contributed by atoms with Crippen LogP contribution in [0, 0.1) is 0 Å². The summed E-state index contributed by atoms with van der Waals surface area (Å²) in [6.07, 6.45) is 5.15. The molecule has 1 saturated heterocycles. The zero-order valence-electron chi connectivity index (χ0n) is 20.8. The smallest absolute Gasteiger partial charge is 0.251 e. The number of nitrogens with one attached hydrogen (secondary N) is 1. The average Bonchev–Trinajstić information content (AvgIpc) is 3.62. The van der Waals surface area contributed by atoms with Crippen molar-refractivity contribution in [2.24, 2.45) is 0 Å². The molecule has 3 aromatic heterocycles. The summed E-state index contributed by atoms with van der Waals surface area (Å²) in [5, 5.41) is 7.31. The Balaban J connectivity index is 1.44. The molecule has 10 nitrogen and oxygen atoms in total. The number of hydrogen-bond acceptors (Lipinski definition) is 8. The van der Waals surface area contributed by atoms with Crippen LogP contribution in [-0.4, -0.2) is 50.6 Å². The molecule has 10 heteroatoms. The molecule has 1 atom stereocenters. The molecular weight excluding hydrogens is 470 g/mol. The Morgan fingerprint density at radius 1 is 1.11 bits per heavy atom. The number of hydrogen-bond donors (Lipinski definition) is 2. The minimum atomic E-state index is -0.622. The fourth-order valence-electron chi connectivity index (χ4n) is 4.52. The number of benzene rings is 1. The Hall–Kier alpha value is -4.31. The van der Waals surface area contributed by atoms with E-state index < -0.39 is 6.04 Å². The number of nitrogens with zero attached hydrogens (tertiary/aromatic N) is 5. The Morgan fingerprint density at radius 3 is 2.57 bits per heavy atom. The monoisotopic (exact) mass is 499 g/mol. The lowest BCUT2D eigenvalue weighted by atomic mass is 10.1. The van der Waals surface area contributed by atoms with Crippen LogP contribution < -0.4 is 16.6 Å². The van der Waals surface area contributed by atoms with Crippen LogP contribution in [0.1, 0.15) is 31.4 Å². The van der Waals surface area contributed by atoms with Crippen LogP contribution in [0.5, 0.6) is 0 Å². The van der Waals surface area contributed by atoms with Crippen molar-refractivity contribution in [1.29, 1.82) is 0 Å². The van der Waals surface area contributed by atoms with Crippen molar-refractivity contribution in [1.82, 2.24) is 29.9 Å². The fourth-order valence-corrected chi connectivity index (χ4v) is 4.52. The van der Waals surface area contributed by atoms with Gasteiger partial charge in [0.25, 0.3) is 5.56 Å². The van der Waals surface area contributed by atoms with Crippen molar-refractivity contribution >= 4 is 11.7 Å². The summed E-state index contributed by atoms with van der Waals surface area (Å²) in [6.45, 7) is 3.97. The maximum atomic E-state index is 12.9. The van der Waals surface area contributed by atoms with E-state index in [1.165, 1.54) is 16.8 Å². The van der Waals surface area contributed by atoms with Gasteiger partial charge in [-0.15, -0.1) is 0 Å². The van der Waals surface area contributed by atoms with Gasteiger partial charge in [-0.25, -0.2) is 9.97 Å². The molecule has 4 aromatic rings. The number of anilines is 1. The van der Waals surface area contributed by atoms with E-state index >= 15 is 0 Å². The van der Waals surface area contributed by atoms with E-state index in [0.717, 1.165) is 43.6 Å². The fraction of sp³-hybridized carbons (Fsp3) is 0.296. The van der Waals surface area contributed by atoms with Gasteiger partial charge in [0.05, 0.1) is 11.9 Å². The molecule has 1 unspecified atom stereocenters. The van der Waals surface area contributed by atoms with Crippen LogP contribution >= 0.6 is 0 Å². The molecule has 1 aromatic carbocycles. The van der Waals surface area contributed by atoms with Crippen LogP contribution in [-0.2, 0) is 11.3 Å². The number of nitrogen functional groups attached to an aromatic ring is 1. The quantitative estimate of drug-likeness (QED) is 0.396. The van der Waals surface area contributed by atoms with Gasteiger partial charge < -0.3 is 25.0 Å². The van der Waals surface area contributed by atoms with Crippen molar-refractivity contribution < 1.29 is 9.32 Å². The van der Waals surface area contributed by atoms with Gasteiger partial charge in [-0.3, -0.25) is 9.59 Å². The number of rotatable bonds is 7.